The molecule has 0 aliphatic rings. The number of benzene rings is 1. The fraction of sp³-hybridized carbons (Fsp3) is 0.286. The van der Waals surface area contributed by atoms with Crippen LogP contribution in [0.1, 0.15) is 27.1 Å². The van der Waals surface area contributed by atoms with Crippen molar-refractivity contribution >= 4 is 16.5 Å². The van der Waals surface area contributed by atoms with E-state index in [1.807, 2.05) is 0 Å². The first-order valence-electron chi connectivity index (χ1n) is 5.76. The highest BCUT2D eigenvalue weighted by molar-refractivity contribution is 7.16. The number of rotatable bonds is 3. The van der Waals surface area contributed by atoms with E-state index in [-0.39, 0.29) is 0 Å². The molecule has 0 saturated heterocycles. The molecule has 4 heteroatoms. The minimum atomic E-state index is 0.634. The Bertz CT molecular complexity index is 608. The van der Waals surface area contributed by atoms with Crippen LogP contribution in [0.4, 0.5) is 5.13 Å². The molecule has 2 rings (SSSR count). The summed E-state index contributed by atoms with van der Waals surface area (Å²) in [5.41, 5.74) is 5.17. The molecule has 1 aromatic heterocycles. The number of nitriles is 1. The van der Waals surface area contributed by atoms with Crippen molar-refractivity contribution in [3.05, 3.63) is 45.5 Å². The van der Waals surface area contributed by atoms with E-state index in [1.54, 1.807) is 6.20 Å². The Morgan fingerprint density at radius 1 is 1.22 bits per heavy atom. The van der Waals surface area contributed by atoms with Gasteiger partial charge in [0, 0.05) is 6.54 Å². The molecule has 1 N–H and O–H groups in total. The van der Waals surface area contributed by atoms with Crippen LogP contribution in [0.15, 0.2) is 18.3 Å². The average molecular weight is 257 g/mol. The highest BCUT2D eigenvalue weighted by atomic mass is 32.1. The number of aryl methyl sites for hydroxylation is 3. The predicted octanol–water partition coefficient (Wildman–Crippen LogP) is 3.55. The third kappa shape index (κ3) is 2.69. The Morgan fingerprint density at radius 2 is 1.94 bits per heavy atom. The van der Waals surface area contributed by atoms with E-state index in [1.165, 1.54) is 33.6 Å². The van der Waals surface area contributed by atoms with Gasteiger partial charge in [-0.05, 0) is 43.0 Å². The minimum Gasteiger partial charge on any atom is -0.357 e. The van der Waals surface area contributed by atoms with Gasteiger partial charge in [-0.25, -0.2) is 4.98 Å². The van der Waals surface area contributed by atoms with Gasteiger partial charge < -0.3 is 5.32 Å². The summed E-state index contributed by atoms with van der Waals surface area (Å²) < 4.78 is 0. The second kappa shape index (κ2) is 5.19. The second-order valence-electron chi connectivity index (χ2n) is 4.36. The van der Waals surface area contributed by atoms with E-state index in [9.17, 15) is 0 Å². The summed E-state index contributed by atoms with van der Waals surface area (Å²) in [6.45, 7) is 7.10. The molecular weight excluding hydrogens is 242 g/mol. The van der Waals surface area contributed by atoms with E-state index in [0.717, 1.165) is 11.7 Å². The maximum Gasteiger partial charge on any atom is 0.184 e. The van der Waals surface area contributed by atoms with E-state index >= 15 is 0 Å². The zero-order valence-corrected chi connectivity index (χ0v) is 11.6. The maximum atomic E-state index is 8.74. The Balaban J connectivity index is 2.11. The molecule has 0 fully saturated rings. The topological polar surface area (TPSA) is 48.7 Å². The Morgan fingerprint density at radius 3 is 2.61 bits per heavy atom. The Kier molecular flexibility index (Phi) is 3.63. The maximum absolute atomic E-state index is 8.74. The molecule has 0 bridgehead atoms. The fourth-order valence-electron chi connectivity index (χ4n) is 1.79. The molecule has 1 aromatic carbocycles. The van der Waals surface area contributed by atoms with Gasteiger partial charge in [0.15, 0.2) is 5.13 Å². The second-order valence-corrected chi connectivity index (χ2v) is 5.39. The van der Waals surface area contributed by atoms with E-state index < -0.39 is 0 Å². The SMILES string of the molecule is Cc1cc(C)c(CNc2ncc(C#N)s2)cc1C. The fourth-order valence-corrected chi connectivity index (χ4v) is 2.40. The third-order valence-electron chi connectivity index (χ3n) is 3.00. The van der Waals surface area contributed by atoms with Crippen LogP contribution in [0.25, 0.3) is 0 Å². The summed E-state index contributed by atoms with van der Waals surface area (Å²) in [6.07, 6.45) is 1.60. The molecular formula is C14H15N3S. The van der Waals surface area contributed by atoms with E-state index in [2.05, 4.69) is 49.3 Å². The lowest BCUT2D eigenvalue weighted by Crippen LogP contribution is -2.02. The molecule has 0 aliphatic carbocycles. The lowest BCUT2D eigenvalue weighted by Gasteiger charge is -2.10. The highest BCUT2D eigenvalue weighted by Gasteiger charge is 2.04. The molecule has 0 spiro atoms. The van der Waals surface area contributed by atoms with Crippen LogP contribution < -0.4 is 5.32 Å². The summed E-state index contributed by atoms with van der Waals surface area (Å²) in [5, 5.41) is 12.8. The lowest BCUT2D eigenvalue weighted by molar-refractivity contribution is 1.09. The number of thiazole rings is 1. The van der Waals surface area contributed by atoms with Gasteiger partial charge in [-0.1, -0.05) is 23.5 Å². The van der Waals surface area contributed by atoms with Crippen LogP contribution in [0, 0.1) is 32.1 Å². The highest BCUT2D eigenvalue weighted by Crippen LogP contribution is 2.20. The van der Waals surface area contributed by atoms with Crippen LogP contribution in [0.3, 0.4) is 0 Å². The third-order valence-corrected chi connectivity index (χ3v) is 3.86. The lowest BCUT2D eigenvalue weighted by atomic mass is 10.0. The standard InChI is InChI=1S/C14H15N3S/c1-9-4-11(3)12(5-10(9)2)7-16-14-17-8-13(6-15)18-14/h4-5,8H,7H2,1-3H3,(H,16,17). The molecule has 92 valence electrons. The number of hydrogen-bond acceptors (Lipinski definition) is 4. The van der Waals surface area contributed by atoms with Crippen molar-refractivity contribution in [2.24, 2.45) is 0 Å². The zero-order valence-electron chi connectivity index (χ0n) is 10.7. The molecule has 1 heterocycles. The molecule has 18 heavy (non-hydrogen) atoms. The summed E-state index contributed by atoms with van der Waals surface area (Å²) >= 11 is 1.38. The number of aromatic nitrogens is 1. The average Bonchev–Trinajstić information content (AvgIpc) is 2.80. The first kappa shape index (κ1) is 12.6. The number of hydrogen-bond donors (Lipinski definition) is 1. The van der Waals surface area contributed by atoms with Crippen molar-refractivity contribution in [2.75, 3.05) is 5.32 Å². The van der Waals surface area contributed by atoms with Gasteiger partial charge in [0.2, 0.25) is 0 Å². The van der Waals surface area contributed by atoms with E-state index in [0.29, 0.717) is 4.88 Å². The predicted molar refractivity (Wildman–Crippen MR) is 74.8 cm³/mol. The monoisotopic (exact) mass is 257 g/mol. The number of nitrogens with one attached hydrogen (secondary N) is 1. The molecule has 0 unspecified atom stereocenters. The largest absolute Gasteiger partial charge is 0.357 e. The van der Waals surface area contributed by atoms with E-state index in [4.69, 9.17) is 5.26 Å². The van der Waals surface area contributed by atoms with Crippen LogP contribution in [0.2, 0.25) is 0 Å². The first-order chi connectivity index (χ1) is 8.60. The normalized spacial score (nSPS) is 10.1. The van der Waals surface area contributed by atoms with Crippen molar-refractivity contribution < 1.29 is 0 Å². The molecule has 0 aliphatic heterocycles. The molecule has 3 nitrogen and oxygen atoms in total. The van der Waals surface area contributed by atoms with Gasteiger partial charge in [-0.15, -0.1) is 0 Å². The summed E-state index contributed by atoms with van der Waals surface area (Å²) in [4.78, 5) is 4.79. The Hall–Kier alpha value is -1.86. The zero-order chi connectivity index (χ0) is 13.1. The smallest absolute Gasteiger partial charge is 0.184 e. The molecule has 0 saturated carbocycles. The van der Waals surface area contributed by atoms with Crippen molar-refractivity contribution in [3.63, 3.8) is 0 Å². The number of anilines is 1. The summed E-state index contributed by atoms with van der Waals surface area (Å²) in [5.74, 6) is 0. The summed E-state index contributed by atoms with van der Waals surface area (Å²) in [6, 6.07) is 6.50. The van der Waals surface area contributed by atoms with Crippen LogP contribution in [-0.4, -0.2) is 4.98 Å². The van der Waals surface area contributed by atoms with Crippen molar-refractivity contribution in [1.82, 2.24) is 4.98 Å². The van der Waals surface area contributed by atoms with Crippen molar-refractivity contribution in [1.29, 1.82) is 5.26 Å². The van der Waals surface area contributed by atoms with Gasteiger partial charge in [-0.2, -0.15) is 5.26 Å². The van der Waals surface area contributed by atoms with Gasteiger partial charge in [0.1, 0.15) is 10.9 Å². The van der Waals surface area contributed by atoms with Crippen molar-refractivity contribution in [3.8, 4) is 6.07 Å². The quantitative estimate of drug-likeness (QED) is 0.914. The van der Waals surface area contributed by atoms with Gasteiger partial charge in [0.05, 0.1) is 6.20 Å². The molecule has 0 atom stereocenters. The minimum absolute atomic E-state index is 0.634. The van der Waals surface area contributed by atoms with Gasteiger partial charge >= 0.3 is 0 Å². The van der Waals surface area contributed by atoms with Crippen LogP contribution in [-0.2, 0) is 6.54 Å². The molecule has 2 aromatic rings. The Labute approximate surface area is 111 Å². The number of nitrogens with zero attached hydrogens (tertiary/aromatic N) is 2. The van der Waals surface area contributed by atoms with Crippen LogP contribution in [0.5, 0.6) is 0 Å². The molecule has 0 radical (unpaired) electrons. The first-order valence-corrected chi connectivity index (χ1v) is 6.58. The summed E-state index contributed by atoms with van der Waals surface area (Å²) in [7, 11) is 0. The molecule has 0 amide bonds. The van der Waals surface area contributed by atoms with Crippen LogP contribution >= 0.6 is 11.3 Å². The van der Waals surface area contributed by atoms with Gasteiger partial charge in [0.25, 0.3) is 0 Å². The van der Waals surface area contributed by atoms with Gasteiger partial charge in [-0.3, -0.25) is 0 Å². The van der Waals surface area contributed by atoms with Crippen molar-refractivity contribution in [2.45, 2.75) is 27.3 Å².